The van der Waals surface area contributed by atoms with E-state index in [-0.39, 0.29) is 35.3 Å². The van der Waals surface area contributed by atoms with Crippen LogP contribution in [0, 0.1) is 28.6 Å². The van der Waals surface area contributed by atoms with Gasteiger partial charge in [0.05, 0.1) is 16.6 Å². The number of carbonyl (C=O) groups excluding carboxylic acids is 2. The minimum atomic E-state index is -1.09. The maximum absolute atomic E-state index is 11.9. The second kappa shape index (κ2) is 6.57. The first kappa shape index (κ1) is 21.1. The smallest absolute Gasteiger partial charge is 0.331 e. The third-order valence-electron chi connectivity index (χ3n) is 10.6. The number of hydrogen-bond acceptors (Lipinski definition) is 7. The number of rotatable bonds is 2. The lowest BCUT2D eigenvalue weighted by Gasteiger charge is -2.63. The van der Waals surface area contributed by atoms with E-state index in [1.165, 1.54) is 6.92 Å². The summed E-state index contributed by atoms with van der Waals surface area (Å²) in [4.78, 5) is 23.3. The minimum Gasteiger partial charge on any atom is -0.462 e. The van der Waals surface area contributed by atoms with Crippen LogP contribution in [-0.4, -0.2) is 52.4 Å². The van der Waals surface area contributed by atoms with Gasteiger partial charge in [-0.05, 0) is 74.2 Å². The highest BCUT2D eigenvalue weighted by Crippen LogP contribution is 2.76. The van der Waals surface area contributed by atoms with Gasteiger partial charge in [0.15, 0.2) is 6.29 Å². The van der Waals surface area contributed by atoms with Crippen molar-refractivity contribution < 1.29 is 34.0 Å². The summed E-state index contributed by atoms with van der Waals surface area (Å²) in [6, 6.07) is 0. The summed E-state index contributed by atoms with van der Waals surface area (Å²) in [5.41, 5.74) is -1.13. The first-order chi connectivity index (χ1) is 15.1. The first-order valence-corrected chi connectivity index (χ1v) is 12.3. The standard InChI is InChI=1S/C25H34O7/c1-14(26)31-16-5-8-24-19-6-7-22(2)17(15-11-20(27)30-13-15)3-4-18(22)25(19,32-21(24)28)10-9-23(24,29)12-16/h11,16-19,21,28-29H,3-10,12-13H2,1-2H3/t16-,17+,18+,19+,21?,22+,23-,24+,25+/m0/s1. The van der Waals surface area contributed by atoms with Crippen LogP contribution in [0.1, 0.15) is 71.6 Å². The molecule has 6 rings (SSSR count). The van der Waals surface area contributed by atoms with Crippen molar-refractivity contribution in [1.29, 1.82) is 0 Å². The normalized spacial score (nSPS) is 53.7. The summed E-state index contributed by atoms with van der Waals surface area (Å²) < 4.78 is 17.3. The fourth-order valence-electron chi connectivity index (χ4n) is 9.50. The molecule has 6 aliphatic rings. The highest BCUT2D eigenvalue weighted by molar-refractivity contribution is 5.85. The molecule has 32 heavy (non-hydrogen) atoms. The molecule has 0 radical (unpaired) electrons. The van der Waals surface area contributed by atoms with Crippen molar-refractivity contribution in [3.05, 3.63) is 11.6 Å². The van der Waals surface area contributed by atoms with Gasteiger partial charge < -0.3 is 24.4 Å². The summed E-state index contributed by atoms with van der Waals surface area (Å²) >= 11 is 0. The molecule has 2 N–H and O–H groups in total. The van der Waals surface area contributed by atoms with Gasteiger partial charge in [0, 0.05) is 25.3 Å². The van der Waals surface area contributed by atoms with Crippen molar-refractivity contribution in [1.82, 2.24) is 0 Å². The van der Waals surface area contributed by atoms with Crippen LogP contribution in [-0.2, 0) is 23.8 Å². The molecule has 7 nitrogen and oxygen atoms in total. The molecule has 1 saturated heterocycles. The predicted octanol–water partition coefficient (Wildman–Crippen LogP) is 2.63. The molecular weight excluding hydrogens is 412 g/mol. The first-order valence-electron chi connectivity index (χ1n) is 12.3. The number of fused-ring (bicyclic) bond motifs is 1. The molecular formula is C25H34O7. The van der Waals surface area contributed by atoms with Crippen LogP contribution in [0.25, 0.3) is 0 Å². The molecule has 0 aromatic rings. The third-order valence-corrected chi connectivity index (χ3v) is 10.6. The summed E-state index contributed by atoms with van der Waals surface area (Å²) in [6.45, 7) is 4.14. The zero-order chi connectivity index (χ0) is 22.5. The second-order valence-corrected chi connectivity index (χ2v) is 11.6. The Kier molecular flexibility index (Phi) is 4.34. The predicted molar refractivity (Wildman–Crippen MR) is 112 cm³/mol. The van der Waals surface area contributed by atoms with Crippen LogP contribution >= 0.6 is 0 Å². The highest BCUT2D eigenvalue weighted by Gasteiger charge is 2.79. The van der Waals surface area contributed by atoms with E-state index in [9.17, 15) is 19.8 Å². The average molecular weight is 447 g/mol. The maximum Gasteiger partial charge on any atom is 0.331 e. The Morgan fingerprint density at radius 2 is 1.94 bits per heavy atom. The Balaban J connectivity index is 1.35. The zero-order valence-corrected chi connectivity index (χ0v) is 19.0. The Hall–Kier alpha value is -1.44. The van der Waals surface area contributed by atoms with Gasteiger partial charge in [-0.3, -0.25) is 4.79 Å². The van der Waals surface area contributed by atoms with Crippen LogP contribution < -0.4 is 0 Å². The lowest BCUT2D eigenvalue weighted by molar-refractivity contribution is -0.234. The van der Waals surface area contributed by atoms with E-state index in [2.05, 4.69) is 6.92 Å². The Labute approximate surface area is 188 Å². The van der Waals surface area contributed by atoms with Gasteiger partial charge in [0.25, 0.3) is 0 Å². The molecule has 0 aromatic heterocycles. The van der Waals surface area contributed by atoms with E-state index < -0.39 is 22.9 Å². The molecule has 2 bridgehead atoms. The van der Waals surface area contributed by atoms with E-state index >= 15 is 0 Å². The molecule has 2 aliphatic heterocycles. The van der Waals surface area contributed by atoms with Gasteiger partial charge in [-0.1, -0.05) is 6.92 Å². The molecule has 0 amide bonds. The summed E-state index contributed by atoms with van der Waals surface area (Å²) in [7, 11) is 0. The second-order valence-electron chi connectivity index (χ2n) is 11.6. The van der Waals surface area contributed by atoms with Gasteiger partial charge in [0.2, 0.25) is 0 Å². The quantitative estimate of drug-likeness (QED) is 0.629. The van der Waals surface area contributed by atoms with E-state index in [0.29, 0.717) is 44.6 Å². The topological polar surface area (TPSA) is 102 Å². The van der Waals surface area contributed by atoms with Crippen LogP contribution in [0.5, 0.6) is 0 Å². The molecule has 4 saturated carbocycles. The minimum absolute atomic E-state index is 0.00797. The molecule has 1 unspecified atom stereocenters. The van der Waals surface area contributed by atoms with E-state index in [1.807, 2.05) is 0 Å². The van der Waals surface area contributed by atoms with E-state index in [0.717, 1.165) is 31.3 Å². The highest BCUT2D eigenvalue weighted by atomic mass is 16.6. The Bertz CT molecular complexity index is 899. The van der Waals surface area contributed by atoms with Crippen LogP contribution in [0.15, 0.2) is 11.6 Å². The molecule has 9 atom stereocenters. The Morgan fingerprint density at radius 3 is 2.66 bits per heavy atom. The van der Waals surface area contributed by atoms with Crippen LogP contribution in [0.4, 0.5) is 0 Å². The zero-order valence-electron chi connectivity index (χ0n) is 19.0. The summed E-state index contributed by atoms with van der Waals surface area (Å²) in [6.07, 6.45) is 7.15. The van der Waals surface area contributed by atoms with Crippen molar-refractivity contribution in [2.45, 2.75) is 95.2 Å². The average Bonchev–Trinajstić information content (AvgIpc) is 3.34. The van der Waals surface area contributed by atoms with Gasteiger partial charge >= 0.3 is 11.9 Å². The molecule has 4 aliphatic carbocycles. The SMILES string of the molecule is CC(=O)O[C@H]1CC[C@@]23C(O)O[C@]4(CC[C@]2(O)C1)[C@@H]1CC[C@H](C2=CC(=O)OC2)[C@@]1(C)CC[C@@H]43. The fourth-order valence-corrected chi connectivity index (χ4v) is 9.50. The van der Waals surface area contributed by atoms with Gasteiger partial charge in [-0.2, -0.15) is 0 Å². The molecule has 2 heterocycles. The fraction of sp³-hybridized carbons (Fsp3) is 0.840. The van der Waals surface area contributed by atoms with Gasteiger partial charge in [0.1, 0.15) is 12.7 Å². The van der Waals surface area contributed by atoms with Crippen molar-refractivity contribution in [2.24, 2.45) is 28.6 Å². The van der Waals surface area contributed by atoms with Crippen molar-refractivity contribution >= 4 is 11.9 Å². The van der Waals surface area contributed by atoms with Gasteiger partial charge in [-0.15, -0.1) is 0 Å². The van der Waals surface area contributed by atoms with E-state index in [1.54, 1.807) is 6.08 Å². The third kappa shape index (κ3) is 2.43. The Morgan fingerprint density at radius 1 is 1.12 bits per heavy atom. The van der Waals surface area contributed by atoms with Crippen molar-refractivity contribution in [2.75, 3.05) is 6.61 Å². The molecule has 7 heteroatoms. The number of esters is 2. The molecule has 0 aromatic carbocycles. The number of aliphatic hydroxyl groups excluding tert-OH is 1. The molecule has 1 spiro atoms. The number of ether oxygens (including phenoxy) is 3. The number of cyclic esters (lactones) is 1. The monoisotopic (exact) mass is 446 g/mol. The van der Waals surface area contributed by atoms with E-state index in [4.69, 9.17) is 14.2 Å². The van der Waals surface area contributed by atoms with Crippen LogP contribution in [0.3, 0.4) is 0 Å². The summed E-state index contributed by atoms with van der Waals surface area (Å²) in [5.74, 6) is 0.108. The number of carbonyl (C=O) groups is 2. The lowest BCUT2D eigenvalue weighted by atomic mass is 9.42. The molecule has 176 valence electrons. The molecule has 5 fully saturated rings. The van der Waals surface area contributed by atoms with Crippen LogP contribution in [0.2, 0.25) is 0 Å². The summed E-state index contributed by atoms with van der Waals surface area (Å²) in [5, 5.41) is 23.3. The van der Waals surface area contributed by atoms with Crippen molar-refractivity contribution in [3.63, 3.8) is 0 Å². The lowest BCUT2D eigenvalue weighted by Crippen LogP contribution is -2.67. The largest absolute Gasteiger partial charge is 0.462 e. The maximum atomic E-state index is 11.9. The van der Waals surface area contributed by atoms with Gasteiger partial charge in [-0.25, -0.2) is 4.79 Å². The number of aliphatic hydroxyl groups is 2. The number of hydrogen-bond donors (Lipinski definition) is 2. The van der Waals surface area contributed by atoms with Crippen molar-refractivity contribution in [3.8, 4) is 0 Å².